The molecule has 0 saturated heterocycles. The molecule has 80 valence electrons. The maximum absolute atomic E-state index is 11.4. The van der Waals surface area contributed by atoms with Gasteiger partial charge in [0.1, 0.15) is 11.5 Å². The Balaban J connectivity index is 2.09. The summed E-state index contributed by atoms with van der Waals surface area (Å²) in [4.78, 5) is 11.4. The van der Waals surface area contributed by atoms with Crippen LogP contribution < -0.4 is 4.74 Å². The van der Waals surface area contributed by atoms with Crippen LogP contribution in [0, 0.1) is 0 Å². The number of ether oxygens (including phenoxy) is 2. The number of phenols is 1. The second-order valence-corrected chi connectivity index (χ2v) is 3.58. The smallest absolute Gasteiger partial charge is 0.350 e. The predicted octanol–water partition coefficient (Wildman–Crippen LogP) is 1.48. The molecule has 1 aromatic carbocycles. The van der Waals surface area contributed by atoms with Gasteiger partial charge in [0, 0.05) is 12.8 Å². The minimum Gasteiger partial charge on any atom is -0.508 e. The van der Waals surface area contributed by atoms with Gasteiger partial charge in [-0.3, -0.25) is 0 Å². The molecule has 0 aliphatic heterocycles. The van der Waals surface area contributed by atoms with E-state index in [0.29, 0.717) is 18.6 Å². The van der Waals surface area contributed by atoms with Crippen LogP contribution in [0.3, 0.4) is 0 Å². The molecule has 1 saturated carbocycles. The molecule has 0 amide bonds. The van der Waals surface area contributed by atoms with Crippen molar-refractivity contribution in [2.24, 2.45) is 0 Å². The highest BCUT2D eigenvalue weighted by Gasteiger charge is 2.54. The van der Waals surface area contributed by atoms with Crippen molar-refractivity contribution < 1.29 is 19.4 Å². The summed E-state index contributed by atoms with van der Waals surface area (Å²) in [6.45, 7) is 0. The second-order valence-electron chi connectivity index (χ2n) is 3.58. The third-order valence-electron chi connectivity index (χ3n) is 2.41. The molecule has 1 aromatic rings. The molecule has 0 atom stereocenters. The molecule has 0 heterocycles. The number of hydrogen-bond donors (Lipinski definition) is 1. The first-order chi connectivity index (χ1) is 7.16. The number of carbonyl (C=O) groups excluding carboxylic acids is 1. The Kier molecular flexibility index (Phi) is 2.26. The van der Waals surface area contributed by atoms with E-state index in [2.05, 4.69) is 4.74 Å². The Morgan fingerprint density at radius 3 is 2.40 bits per heavy atom. The lowest BCUT2D eigenvalue weighted by molar-refractivity contribution is -0.151. The molecule has 0 spiro atoms. The quantitative estimate of drug-likeness (QED) is 0.764. The highest BCUT2D eigenvalue weighted by atomic mass is 16.6. The van der Waals surface area contributed by atoms with Gasteiger partial charge in [0.05, 0.1) is 7.11 Å². The van der Waals surface area contributed by atoms with Crippen molar-refractivity contribution >= 4 is 5.97 Å². The lowest BCUT2D eigenvalue weighted by Gasteiger charge is -2.15. The molecule has 1 aliphatic carbocycles. The Bertz CT molecular complexity index is 365. The summed E-state index contributed by atoms with van der Waals surface area (Å²) in [5, 5.41) is 9.08. The van der Waals surface area contributed by atoms with Crippen molar-refractivity contribution in [3.8, 4) is 11.5 Å². The number of benzene rings is 1. The molecular weight excluding hydrogens is 196 g/mol. The molecule has 4 nitrogen and oxygen atoms in total. The van der Waals surface area contributed by atoms with Gasteiger partial charge in [-0.15, -0.1) is 0 Å². The Hall–Kier alpha value is -1.71. The van der Waals surface area contributed by atoms with E-state index in [1.54, 1.807) is 12.1 Å². The van der Waals surface area contributed by atoms with Gasteiger partial charge >= 0.3 is 5.97 Å². The van der Waals surface area contributed by atoms with Gasteiger partial charge in [-0.2, -0.15) is 0 Å². The number of methoxy groups -OCH3 is 1. The largest absolute Gasteiger partial charge is 0.508 e. The average Bonchev–Trinajstić information content (AvgIpc) is 3.01. The van der Waals surface area contributed by atoms with Crippen LogP contribution in [0.15, 0.2) is 24.3 Å². The third-order valence-corrected chi connectivity index (χ3v) is 2.41. The summed E-state index contributed by atoms with van der Waals surface area (Å²) < 4.78 is 10.2. The molecule has 4 heteroatoms. The zero-order chi connectivity index (χ0) is 10.9. The maximum atomic E-state index is 11.4. The van der Waals surface area contributed by atoms with Crippen molar-refractivity contribution in [3.05, 3.63) is 24.3 Å². The molecule has 1 aliphatic rings. The van der Waals surface area contributed by atoms with Gasteiger partial charge < -0.3 is 14.6 Å². The molecule has 1 N–H and O–H groups in total. The zero-order valence-electron chi connectivity index (χ0n) is 8.40. The van der Waals surface area contributed by atoms with E-state index >= 15 is 0 Å². The van der Waals surface area contributed by atoms with Crippen LogP contribution in [0.4, 0.5) is 0 Å². The summed E-state index contributed by atoms with van der Waals surface area (Å²) >= 11 is 0. The third kappa shape index (κ3) is 1.88. The fraction of sp³-hybridized carbons (Fsp3) is 0.364. The standard InChI is InChI=1S/C11H12O4/c1-14-10(13)11(6-7-11)15-9-4-2-8(12)3-5-9/h2-5,12H,6-7H2,1H3. The van der Waals surface area contributed by atoms with Crippen LogP contribution in [0.1, 0.15) is 12.8 Å². The van der Waals surface area contributed by atoms with Crippen LogP contribution in [-0.4, -0.2) is 23.8 Å². The van der Waals surface area contributed by atoms with Crippen LogP contribution in [0.25, 0.3) is 0 Å². The summed E-state index contributed by atoms with van der Waals surface area (Å²) in [5.74, 6) is 0.400. The second kappa shape index (κ2) is 3.46. The van der Waals surface area contributed by atoms with Gasteiger partial charge in [-0.25, -0.2) is 4.79 Å². The molecule has 2 rings (SSSR count). The van der Waals surface area contributed by atoms with Gasteiger partial charge in [0.15, 0.2) is 0 Å². The number of hydrogen-bond acceptors (Lipinski definition) is 4. The van der Waals surface area contributed by atoms with Gasteiger partial charge in [0.25, 0.3) is 0 Å². The van der Waals surface area contributed by atoms with Crippen LogP contribution in [-0.2, 0) is 9.53 Å². The van der Waals surface area contributed by atoms with Crippen molar-refractivity contribution in [1.29, 1.82) is 0 Å². The molecule has 1 fully saturated rings. The summed E-state index contributed by atoms with van der Waals surface area (Å²) in [6, 6.07) is 6.28. The molecule has 0 aromatic heterocycles. The minimum atomic E-state index is -0.786. The monoisotopic (exact) mass is 208 g/mol. The summed E-state index contributed by atoms with van der Waals surface area (Å²) in [6.07, 6.45) is 1.36. The van der Waals surface area contributed by atoms with Crippen molar-refractivity contribution in [2.45, 2.75) is 18.4 Å². The lowest BCUT2D eigenvalue weighted by Crippen LogP contribution is -2.30. The highest BCUT2D eigenvalue weighted by molar-refractivity contribution is 5.83. The minimum absolute atomic E-state index is 0.172. The lowest BCUT2D eigenvalue weighted by atomic mass is 10.3. The van der Waals surface area contributed by atoms with Gasteiger partial charge in [-0.05, 0) is 24.3 Å². The molecule has 0 unspecified atom stereocenters. The van der Waals surface area contributed by atoms with Crippen molar-refractivity contribution in [1.82, 2.24) is 0 Å². The van der Waals surface area contributed by atoms with Crippen molar-refractivity contribution in [3.63, 3.8) is 0 Å². The SMILES string of the molecule is COC(=O)C1(Oc2ccc(O)cc2)CC1. The van der Waals surface area contributed by atoms with E-state index in [9.17, 15) is 4.79 Å². The maximum Gasteiger partial charge on any atom is 0.350 e. The van der Waals surface area contributed by atoms with Gasteiger partial charge in [-0.1, -0.05) is 0 Å². The Morgan fingerprint density at radius 2 is 1.93 bits per heavy atom. The van der Waals surface area contributed by atoms with Crippen LogP contribution >= 0.6 is 0 Å². The first-order valence-electron chi connectivity index (χ1n) is 4.73. The number of esters is 1. The summed E-state index contributed by atoms with van der Waals surface area (Å²) in [7, 11) is 1.35. The first kappa shape index (κ1) is 9.83. The number of rotatable bonds is 3. The van der Waals surface area contributed by atoms with E-state index in [1.165, 1.54) is 19.2 Å². The highest BCUT2D eigenvalue weighted by Crippen LogP contribution is 2.41. The number of phenolic OH excluding ortho intramolecular Hbond substituents is 1. The molecular formula is C11H12O4. The van der Waals surface area contributed by atoms with Crippen LogP contribution in [0.5, 0.6) is 11.5 Å². The average molecular weight is 208 g/mol. The van der Waals surface area contributed by atoms with E-state index in [4.69, 9.17) is 9.84 Å². The fourth-order valence-electron chi connectivity index (χ4n) is 1.39. The fourth-order valence-corrected chi connectivity index (χ4v) is 1.39. The predicted molar refractivity (Wildman–Crippen MR) is 52.7 cm³/mol. The molecule has 15 heavy (non-hydrogen) atoms. The van der Waals surface area contributed by atoms with Crippen LogP contribution in [0.2, 0.25) is 0 Å². The number of carbonyl (C=O) groups is 1. The molecule has 0 bridgehead atoms. The topological polar surface area (TPSA) is 55.8 Å². The summed E-state index contributed by atoms with van der Waals surface area (Å²) in [5.41, 5.74) is -0.786. The Morgan fingerprint density at radius 1 is 1.33 bits per heavy atom. The zero-order valence-corrected chi connectivity index (χ0v) is 8.40. The van der Waals surface area contributed by atoms with E-state index < -0.39 is 5.60 Å². The van der Waals surface area contributed by atoms with E-state index in [0.717, 1.165) is 0 Å². The normalized spacial score (nSPS) is 16.9. The first-order valence-corrected chi connectivity index (χ1v) is 4.73. The van der Waals surface area contributed by atoms with E-state index in [1.807, 2.05) is 0 Å². The van der Waals surface area contributed by atoms with Gasteiger partial charge in [0.2, 0.25) is 5.60 Å². The van der Waals surface area contributed by atoms with Crippen molar-refractivity contribution in [2.75, 3.05) is 7.11 Å². The Labute approximate surface area is 87.4 Å². The number of aromatic hydroxyl groups is 1. The van der Waals surface area contributed by atoms with E-state index in [-0.39, 0.29) is 11.7 Å². The molecule has 0 radical (unpaired) electrons.